The van der Waals surface area contributed by atoms with Crippen molar-refractivity contribution < 1.29 is 0 Å². The number of rotatable bonds is 3. The van der Waals surface area contributed by atoms with Crippen LogP contribution >= 0.6 is 28.1 Å². The molecule has 0 amide bonds. The topological polar surface area (TPSA) is 24.0 Å². The zero-order valence-corrected chi connectivity index (χ0v) is 14.1. The van der Waals surface area contributed by atoms with E-state index >= 15 is 0 Å². The molecule has 1 fully saturated rings. The van der Waals surface area contributed by atoms with Gasteiger partial charge in [-0.2, -0.15) is 0 Å². The molecule has 0 aliphatic carbocycles. The fourth-order valence-corrected chi connectivity index (χ4v) is 3.70. The first kappa shape index (κ1) is 14.3. The van der Waals surface area contributed by atoms with E-state index in [0.29, 0.717) is 0 Å². The minimum atomic E-state index is 0.743. The van der Waals surface area contributed by atoms with Gasteiger partial charge < -0.3 is 14.5 Å². The first-order chi connectivity index (χ1) is 9.67. The Hall–Kier alpha value is -0.650. The normalized spacial score (nSPS) is 17.9. The Balaban J connectivity index is 1.81. The van der Waals surface area contributed by atoms with Gasteiger partial charge in [0.05, 0.1) is 11.0 Å². The predicted octanol–water partition coefficient (Wildman–Crippen LogP) is 4.19. The van der Waals surface area contributed by atoms with Crippen LogP contribution in [-0.4, -0.2) is 34.1 Å². The number of hydrogen-bond acceptors (Lipinski definition) is 2. The Morgan fingerprint density at radius 2 is 2.10 bits per heavy atom. The summed E-state index contributed by atoms with van der Waals surface area (Å²) in [7, 11) is 0. The predicted molar refractivity (Wildman–Crippen MR) is 89.7 cm³/mol. The van der Waals surface area contributed by atoms with E-state index in [-0.39, 0.29) is 0 Å². The minimum absolute atomic E-state index is 0.743. The Morgan fingerprint density at radius 1 is 1.35 bits per heavy atom. The van der Waals surface area contributed by atoms with Gasteiger partial charge in [-0.3, -0.25) is 0 Å². The van der Waals surface area contributed by atoms with Gasteiger partial charge in [-0.25, -0.2) is 0 Å². The number of aromatic amines is 1. The number of halogens is 1. The molecule has 5 heteroatoms. The van der Waals surface area contributed by atoms with Gasteiger partial charge in [-0.1, -0.05) is 22.9 Å². The van der Waals surface area contributed by atoms with Crippen LogP contribution in [-0.2, 0) is 6.54 Å². The molecule has 1 N–H and O–H groups in total. The number of aromatic nitrogens is 2. The molecule has 108 valence electrons. The second-order valence-electron chi connectivity index (χ2n) is 5.58. The molecule has 1 aromatic heterocycles. The molecule has 0 atom stereocenters. The third-order valence-corrected chi connectivity index (χ3v) is 5.15. The minimum Gasteiger partial charge on any atom is -0.331 e. The second-order valence-corrected chi connectivity index (χ2v) is 6.88. The van der Waals surface area contributed by atoms with E-state index in [2.05, 4.69) is 55.5 Å². The van der Waals surface area contributed by atoms with Gasteiger partial charge in [-0.15, -0.1) is 0 Å². The molecule has 1 aliphatic rings. The van der Waals surface area contributed by atoms with Crippen molar-refractivity contribution in [2.75, 3.05) is 19.6 Å². The van der Waals surface area contributed by atoms with E-state index in [1.807, 2.05) is 0 Å². The van der Waals surface area contributed by atoms with Crippen molar-refractivity contribution in [2.45, 2.75) is 26.3 Å². The van der Waals surface area contributed by atoms with Crippen LogP contribution in [0.1, 0.15) is 19.8 Å². The smallest absolute Gasteiger partial charge is 0.178 e. The Labute approximate surface area is 133 Å². The summed E-state index contributed by atoms with van der Waals surface area (Å²) >= 11 is 9.00. The van der Waals surface area contributed by atoms with Gasteiger partial charge in [0.2, 0.25) is 0 Å². The summed E-state index contributed by atoms with van der Waals surface area (Å²) in [5.41, 5.74) is 2.34. The summed E-state index contributed by atoms with van der Waals surface area (Å²) in [6, 6.07) is 6.33. The number of fused-ring (bicyclic) bond motifs is 1. The van der Waals surface area contributed by atoms with E-state index in [1.165, 1.54) is 38.0 Å². The first-order valence-corrected chi connectivity index (χ1v) is 8.48. The maximum Gasteiger partial charge on any atom is 0.178 e. The van der Waals surface area contributed by atoms with Crippen LogP contribution in [0.25, 0.3) is 11.0 Å². The van der Waals surface area contributed by atoms with Crippen LogP contribution in [0.2, 0.25) is 0 Å². The number of imidazole rings is 1. The second kappa shape index (κ2) is 6.00. The summed E-state index contributed by atoms with van der Waals surface area (Å²) < 4.78 is 4.20. The number of likely N-dealkylation sites (tertiary alicyclic amines) is 1. The van der Waals surface area contributed by atoms with Crippen LogP contribution in [0, 0.1) is 10.7 Å². The van der Waals surface area contributed by atoms with Gasteiger partial charge in [0.15, 0.2) is 4.77 Å². The molecule has 0 bridgehead atoms. The summed E-state index contributed by atoms with van der Waals surface area (Å²) in [5, 5.41) is 0. The van der Waals surface area contributed by atoms with E-state index in [1.54, 1.807) is 0 Å². The van der Waals surface area contributed by atoms with E-state index in [0.717, 1.165) is 27.2 Å². The fourth-order valence-electron chi connectivity index (χ4n) is 3.06. The molecular formula is C15H20BrN3S. The van der Waals surface area contributed by atoms with Crippen LogP contribution in [0.4, 0.5) is 0 Å². The third-order valence-electron chi connectivity index (χ3n) is 4.33. The zero-order valence-electron chi connectivity index (χ0n) is 11.7. The highest BCUT2D eigenvalue weighted by Crippen LogP contribution is 2.24. The Morgan fingerprint density at radius 3 is 2.80 bits per heavy atom. The highest BCUT2D eigenvalue weighted by molar-refractivity contribution is 9.10. The van der Waals surface area contributed by atoms with Crippen molar-refractivity contribution >= 4 is 39.2 Å². The summed E-state index contributed by atoms with van der Waals surface area (Å²) in [6.07, 6.45) is 2.55. The summed E-state index contributed by atoms with van der Waals surface area (Å²) in [5.74, 6) is 0.743. The van der Waals surface area contributed by atoms with Crippen molar-refractivity contribution in [1.29, 1.82) is 0 Å². The monoisotopic (exact) mass is 353 g/mol. The molecule has 2 aromatic rings. The lowest BCUT2D eigenvalue weighted by Crippen LogP contribution is -2.34. The summed E-state index contributed by atoms with van der Waals surface area (Å²) in [6.45, 7) is 6.91. The van der Waals surface area contributed by atoms with E-state index < -0.39 is 0 Å². The van der Waals surface area contributed by atoms with Crippen molar-refractivity contribution in [1.82, 2.24) is 14.5 Å². The lowest BCUT2D eigenvalue weighted by molar-refractivity contribution is 0.181. The van der Waals surface area contributed by atoms with Crippen LogP contribution < -0.4 is 0 Å². The lowest BCUT2D eigenvalue weighted by Gasteiger charge is -2.31. The largest absolute Gasteiger partial charge is 0.331 e. The number of nitrogens with one attached hydrogen (secondary N) is 1. The van der Waals surface area contributed by atoms with Crippen LogP contribution in [0.3, 0.4) is 0 Å². The van der Waals surface area contributed by atoms with Gasteiger partial charge in [0, 0.05) is 11.0 Å². The number of piperidine rings is 1. The lowest BCUT2D eigenvalue weighted by atomic mass is 9.97. The number of hydrogen-bond donors (Lipinski definition) is 1. The molecule has 1 aromatic carbocycles. The average molecular weight is 354 g/mol. The molecule has 3 rings (SSSR count). The van der Waals surface area contributed by atoms with Crippen molar-refractivity contribution in [3.63, 3.8) is 0 Å². The molecule has 0 spiro atoms. The SMILES string of the molecule is CCN1CCC(Cn2c(=S)[nH]c3cc(Br)ccc32)CC1. The molecule has 0 unspecified atom stereocenters. The maximum absolute atomic E-state index is 5.49. The Kier molecular flexibility index (Phi) is 4.29. The van der Waals surface area contributed by atoms with Crippen LogP contribution in [0.5, 0.6) is 0 Å². The summed E-state index contributed by atoms with van der Waals surface area (Å²) in [4.78, 5) is 5.84. The molecule has 2 heterocycles. The standard InChI is InChI=1S/C15H20BrN3S/c1-2-18-7-5-11(6-8-18)10-19-14-4-3-12(16)9-13(14)17-15(19)20/h3-4,9,11H,2,5-8,10H2,1H3,(H,17,20). The molecule has 0 radical (unpaired) electrons. The van der Waals surface area contributed by atoms with Gasteiger partial charge in [0.1, 0.15) is 0 Å². The quantitative estimate of drug-likeness (QED) is 0.836. The third kappa shape index (κ3) is 2.85. The van der Waals surface area contributed by atoms with Gasteiger partial charge in [0.25, 0.3) is 0 Å². The molecular weight excluding hydrogens is 334 g/mol. The van der Waals surface area contributed by atoms with Gasteiger partial charge >= 0.3 is 0 Å². The highest BCUT2D eigenvalue weighted by Gasteiger charge is 2.19. The van der Waals surface area contributed by atoms with Gasteiger partial charge in [-0.05, 0) is 68.8 Å². The molecule has 1 saturated heterocycles. The number of nitrogens with zero attached hydrogens (tertiary/aromatic N) is 2. The zero-order chi connectivity index (χ0) is 14.1. The van der Waals surface area contributed by atoms with Crippen molar-refractivity contribution in [2.24, 2.45) is 5.92 Å². The molecule has 20 heavy (non-hydrogen) atoms. The molecule has 1 aliphatic heterocycles. The van der Waals surface area contributed by atoms with Crippen molar-refractivity contribution in [3.05, 3.63) is 27.4 Å². The fraction of sp³-hybridized carbons (Fsp3) is 0.533. The van der Waals surface area contributed by atoms with E-state index in [4.69, 9.17) is 12.2 Å². The number of H-pyrrole nitrogens is 1. The number of benzene rings is 1. The average Bonchev–Trinajstić information content (AvgIpc) is 2.75. The maximum atomic E-state index is 5.49. The molecule has 3 nitrogen and oxygen atoms in total. The highest BCUT2D eigenvalue weighted by atomic mass is 79.9. The van der Waals surface area contributed by atoms with E-state index in [9.17, 15) is 0 Å². The molecule has 0 saturated carbocycles. The van der Waals surface area contributed by atoms with Crippen LogP contribution in [0.15, 0.2) is 22.7 Å². The first-order valence-electron chi connectivity index (χ1n) is 7.28. The Bertz CT molecular complexity index is 653. The van der Waals surface area contributed by atoms with Crippen molar-refractivity contribution in [3.8, 4) is 0 Å².